The zero-order valence-electron chi connectivity index (χ0n) is 22.6. The number of imidazole rings is 2. The summed E-state index contributed by atoms with van der Waals surface area (Å²) in [5, 5.41) is 8.16. The second-order valence-electron chi connectivity index (χ2n) is 9.90. The number of hydrogen-bond donors (Lipinski definition) is 4. The SMILES string of the molecule is COC(=O)Nc1cc2c(cc1Cl)-c1nc([nH]c1Cl)[C@@H](NC(=O)c1c(F)cc3c(ncn3C)c1F)CCC[C@H](C)C(=O)N2. The number of aryl methyl sites for hydroxylation is 1. The number of H-pyrrole nitrogens is 1. The lowest BCUT2D eigenvalue weighted by Gasteiger charge is -2.20. The molecular formula is C27H25Cl2F2N7O4. The summed E-state index contributed by atoms with van der Waals surface area (Å²) in [6.07, 6.45) is 1.69. The van der Waals surface area contributed by atoms with E-state index in [9.17, 15) is 18.8 Å². The molecule has 1 aliphatic heterocycles. The van der Waals surface area contributed by atoms with E-state index in [2.05, 4.69) is 35.6 Å². The summed E-state index contributed by atoms with van der Waals surface area (Å²) >= 11 is 13.0. The Kier molecular flexibility index (Phi) is 8.06. The maximum absolute atomic E-state index is 15.2. The van der Waals surface area contributed by atoms with Crippen LogP contribution in [0.2, 0.25) is 10.2 Å². The maximum atomic E-state index is 15.2. The minimum atomic E-state index is -1.08. The fraction of sp³-hybridized carbons (Fsp3) is 0.296. The number of ether oxygens (including phenoxy) is 1. The van der Waals surface area contributed by atoms with E-state index in [1.807, 2.05) is 0 Å². The topological polar surface area (TPSA) is 143 Å². The second-order valence-corrected chi connectivity index (χ2v) is 10.7. The lowest BCUT2D eigenvalue weighted by molar-refractivity contribution is -0.119. The van der Waals surface area contributed by atoms with Crippen molar-refractivity contribution in [2.75, 3.05) is 17.7 Å². The first-order valence-corrected chi connectivity index (χ1v) is 13.6. The molecule has 220 valence electrons. The van der Waals surface area contributed by atoms with Crippen LogP contribution in [-0.2, 0) is 16.6 Å². The van der Waals surface area contributed by atoms with Gasteiger partial charge in [-0.3, -0.25) is 14.9 Å². The molecule has 4 N–H and O–H groups in total. The van der Waals surface area contributed by atoms with Gasteiger partial charge in [0, 0.05) is 24.6 Å². The molecule has 3 amide bonds. The van der Waals surface area contributed by atoms with Gasteiger partial charge in [-0.05, 0) is 25.0 Å². The van der Waals surface area contributed by atoms with Crippen molar-refractivity contribution in [3.05, 3.63) is 57.7 Å². The Morgan fingerprint density at radius 1 is 1.19 bits per heavy atom. The predicted octanol–water partition coefficient (Wildman–Crippen LogP) is 5.96. The van der Waals surface area contributed by atoms with Gasteiger partial charge in [-0.2, -0.15) is 0 Å². The summed E-state index contributed by atoms with van der Waals surface area (Å²) in [7, 11) is 2.78. The van der Waals surface area contributed by atoms with Crippen molar-refractivity contribution in [3.8, 4) is 11.3 Å². The summed E-state index contributed by atoms with van der Waals surface area (Å²) in [5.41, 5.74) is 0.232. The standard InChI is InChI=1S/C27H25Cl2F2N7O4/c1-11-5-4-6-15(33-26(40)19-14(30)8-18-22(20(19)31)32-10-38(18)2)24-36-21(23(29)37-24)12-7-13(28)17(35-27(41)42-3)9-16(12)34-25(11)39/h7-11,15H,4-6H2,1-3H3,(H,33,40)(H,34,39)(H,35,41)(H,36,37)/t11-,15-/m0/s1. The number of methoxy groups -OCH3 is 1. The van der Waals surface area contributed by atoms with Gasteiger partial charge >= 0.3 is 6.09 Å². The van der Waals surface area contributed by atoms with Crippen LogP contribution < -0.4 is 16.0 Å². The molecule has 3 heterocycles. The van der Waals surface area contributed by atoms with Gasteiger partial charge in [0.25, 0.3) is 5.91 Å². The van der Waals surface area contributed by atoms with E-state index in [1.165, 1.54) is 30.1 Å². The monoisotopic (exact) mass is 619 g/mol. The highest BCUT2D eigenvalue weighted by molar-refractivity contribution is 6.35. The van der Waals surface area contributed by atoms with Crippen LogP contribution in [0, 0.1) is 17.6 Å². The molecule has 42 heavy (non-hydrogen) atoms. The van der Waals surface area contributed by atoms with E-state index in [4.69, 9.17) is 23.2 Å². The Hall–Kier alpha value is -4.23. The third kappa shape index (κ3) is 5.49. The fourth-order valence-electron chi connectivity index (χ4n) is 4.77. The number of rotatable bonds is 3. The Morgan fingerprint density at radius 2 is 1.95 bits per heavy atom. The van der Waals surface area contributed by atoms with Gasteiger partial charge in [0.15, 0.2) is 5.82 Å². The summed E-state index contributed by atoms with van der Waals surface area (Å²) in [5.74, 6) is -3.68. The van der Waals surface area contributed by atoms with Crippen LogP contribution >= 0.6 is 23.2 Å². The van der Waals surface area contributed by atoms with Crippen molar-refractivity contribution in [2.45, 2.75) is 32.2 Å². The third-order valence-corrected chi connectivity index (χ3v) is 7.66. The number of carbonyl (C=O) groups excluding carboxylic acids is 3. The Balaban J connectivity index is 1.55. The number of aromatic nitrogens is 4. The summed E-state index contributed by atoms with van der Waals surface area (Å²) < 4.78 is 36.3. The van der Waals surface area contributed by atoms with Crippen molar-refractivity contribution in [3.63, 3.8) is 0 Å². The lowest BCUT2D eigenvalue weighted by atomic mass is 9.99. The van der Waals surface area contributed by atoms with Crippen molar-refractivity contribution >= 4 is 63.5 Å². The quantitative estimate of drug-likeness (QED) is 0.223. The largest absolute Gasteiger partial charge is 0.453 e. The van der Waals surface area contributed by atoms with Crippen LogP contribution in [0.1, 0.15) is 48.4 Å². The molecule has 0 aliphatic carbocycles. The number of carbonyl (C=O) groups is 3. The van der Waals surface area contributed by atoms with E-state index in [1.54, 1.807) is 14.0 Å². The van der Waals surface area contributed by atoms with E-state index in [0.717, 1.165) is 6.07 Å². The van der Waals surface area contributed by atoms with Crippen LogP contribution in [0.25, 0.3) is 22.3 Å². The average molecular weight is 620 g/mol. The van der Waals surface area contributed by atoms with Crippen LogP contribution in [0.15, 0.2) is 24.5 Å². The summed E-state index contributed by atoms with van der Waals surface area (Å²) in [6, 6.07) is 3.11. The zero-order valence-corrected chi connectivity index (χ0v) is 24.1. The molecule has 15 heteroatoms. The van der Waals surface area contributed by atoms with E-state index in [0.29, 0.717) is 18.4 Å². The van der Waals surface area contributed by atoms with Crippen molar-refractivity contribution in [1.29, 1.82) is 0 Å². The third-order valence-electron chi connectivity index (χ3n) is 7.07. The number of aromatic amines is 1. The Bertz CT molecular complexity index is 1740. The van der Waals surface area contributed by atoms with E-state index >= 15 is 4.39 Å². The van der Waals surface area contributed by atoms with Gasteiger partial charge in [0.05, 0.1) is 41.4 Å². The first-order chi connectivity index (χ1) is 20.0. The van der Waals surface area contributed by atoms with Gasteiger partial charge in [0.1, 0.15) is 33.6 Å². The Labute approximate surface area is 247 Å². The molecule has 0 spiro atoms. The molecule has 2 aromatic carbocycles. The van der Waals surface area contributed by atoms with Crippen LogP contribution in [0.3, 0.4) is 0 Å². The minimum Gasteiger partial charge on any atom is -0.453 e. The molecule has 4 aromatic rings. The van der Waals surface area contributed by atoms with Crippen LogP contribution in [0.4, 0.5) is 25.0 Å². The highest BCUT2D eigenvalue weighted by Gasteiger charge is 2.29. The number of nitrogens with zero attached hydrogens (tertiary/aromatic N) is 3. The molecule has 5 rings (SSSR count). The fourth-order valence-corrected chi connectivity index (χ4v) is 5.22. The molecule has 0 fully saturated rings. The van der Waals surface area contributed by atoms with Crippen LogP contribution in [-0.4, -0.2) is 44.5 Å². The molecule has 11 nitrogen and oxygen atoms in total. The number of hydrogen-bond acceptors (Lipinski definition) is 6. The Morgan fingerprint density at radius 3 is 2.69 bits per heavy atom. The first-order valence-electron chi connectivity index (χ1n) is 12.8. The first kappa shape index (κ1) is 29.3. The molecule has 1 aliphatic rings. The van der Waals surface area contributed by atoms with Crippen molar-refractivity contribution in [1.82, 2.24) is 24.8 Å². The smallest absolute Gasteiger partial charge is 0.411 e. The molecule has 2 atom stereocenters. The van der Waals surface area contributed by atoms with Gasteiger partial charge in [0.2, 0.25) is 5.91 Å². The summed E-state index contributed by atoms with van der Waals surface area (Å²) in [6.45, 7) is 1.74. The molecular weight excluding hydrogens is 595 g/mol. The molecule has 0 unspecified atom stereocenters. The molecule has 0 radical (unpaired) electrons. The predicted molar refractivity (Wildman–Crippen MR) is 153 cm³/mol. The zero-order chi connectivity index (χ0) is 30.3. The van der Waals surface area contributed by atoms with Crippen molar-refractivity contribution in [2.24, 2.45) is 13.0 Å². The van der Waals surface area contributed by atoms with Gasteiger partial charge in [-0.25, -0.2) is 23.5 Å². The second kappa shape index (κ2) is 11.6. The van der Waals surface area contributed by atoms with E-state index < -0.39 is 41.2 Å². The number of fused-ring (bicyclic) bond motifs is 5. The summed E-state index contributed by atoms with van der Waals surface area (Å²) in [4.78, 5) is 49.6. The van der Waals surface area contributed by atoms with E-state index in [-0.39, 0.29) is 56.4 Å². The number of anilines is 2. The molecule has 0 saturated carbocycles. The number of halogens is 4. The average Bonchev–Trinajstić information content (AvgIpc) is 3.51. The highest BCUT2D eigenvalue weighted by Crippen LogP contribution is 2.40. The highest BCUT2D eigenvalue weighted by atomic mass is 35.5. The van der Waals surface area contributed by atoms with Gasteiger partial charge in [-0.1, -0.05) is 36.5 Å². The number of nitrogens with one attached hydrogen (secondary N) is 4. The number of benzene rings is 2. The van der Waals surface area contributed by atoms with Gasteiger partial charge < -0.3 is 24.9 Å². The molecule has 2 aromatic heterocycles. The molecule has 2 bridgehead atoms. The normalized spacial score (nSPS) is 17.1. The number of amides is 3. The van der Waals surface area contributed by atoms with Crippen LogP contribution in [0.5, 0.6) is 0 Å². The molecule has 0 saturated heterocycles. The lowest BCUT2D eigenvalue weighted by Crippen LogP contribution is -2.31. The van der Waals surface area contributed by atoms with Gasteiger partial charge in [-0.15, -0.1) is 0 Å². The van der Waals surface area contributed by atoms with Crippen molar-refractivity contribution < 1.29 is 27.9 Å². The minimum absolute atomic E-state index is 0.0593. The maximum Gasteiger partial charge on any atom is 0.411 e.